The van der Waals surface area contributed by atoms with Crippen molar-refractivity contribution in [1.29, 1.82) is 0 Å². The van der Waals surface area contributed by atoms with E-state index in [0.717, 1.165) is 30.5 Å². The number of carbonyl (C=O) groups is 2. The number of phenols is 1. The van der Waals surface area contributed by atoms with Gasteiger partial charge in [-0.2, -0.15) is 0 Å². The van der Waals surface area contributed by atoms with Crippen molar-refractivity contribution in [3.05, 3.63) is 54.1 Å². The molecule has 0 aromatic heterocycles. The first-order valence-corrected chi connectivity index (χ1v) is 7.87. The Morgan fingerprint density at radius 1 is 1.04 bits per heavy atom. The van der Waals surface area contributed by atoms with Crippen LogP contribution in [0, 0.1) is 0 Å². The van der Waals surface area contributed by atoms with E-state index >= 15 is 0 Å². The quantitative estimate of drug-likeness (QED) is 0.697. The lowest BCUT2D eigenvalue weighted by Crippen LogP contribution is -2.20. The number of fused-ring (bicyclic) bond motifs is 1. The fourth-order valence-corrected chi connectivity index (χ4v) is 2.19. The average Bonchev–Trinajstić information content (AvgIpc) is 2.59. The van der Waals surface area contributed by atoms with E-state index in [1.807, 2.05) is 18.2 Å². The lowest BCUT2D eigenvalue weighted by Gasteiger charge is -2.15. The highest BCUT2D eigenvalue weighted by Gasteiger charge is 2.07. The van der Waals surface area contributed by atoms with Crippen molar-refractivity contribution in [2.45, 2.75) is 13.3 Å². The average molecular weight is 345 g/mol. The number of carboxylic acids is 2. The van der Waals surface area contributed by atoms with Crippen molar-refractivity contribution in [3.8, 4) is 5.75 Å². The number of likely N-dealkylation sites (N-methyl/N-ethyl adjacent to an activating group) is 1. The standard InChI is InChI=1S/C15H19NO.C4H4O4/c1-3-16(2)11-10-14-13-7-5-4-6-12(13)8-9-15(14)17;5-3(6)1-2-4(7)8/h4-9,17H,3,10-11H2,1-2H3;1-2H,(H,5,6)(H,7,8)/b;2-1+. The second-order valence-electron chi connectivity index (χ2n) is 5.44. The Hall–Kier alpha value is -2.86. The Bertz CT molecular complexity index is 739. The molecule has 0 unspecified atom stereocenters. The molecular formula is C19H23NO5. The summed E-state index contributed by atoms with van der Waals surface area (Å²) in [6.45, 7) is 4.15. The van der Waals surface area contributed by atoms with E-state index in [-0.39, 0.29) is 0 Å². The second kappa shape index (κ2) is 10.1. The maximum absolute atomic E-state index is 9.98. The minimum Gasteiger partial charge on any atom is -0.508 e. The zero-order chi connectivity index (χ0) is 18.8. The van der Waals surface area contributed by atoms with Crippen LogP contribution in [-0.4, -0.2) is 52.3 Å². The van der Waals surface area contributed by atoms with Gasteiger partial charge in [0.05, 0.1) is 0 Å². The third-order valence-corrected chi connectivity index (χ3v) is 3.67. The molecule has 0 aliphatic heterocycles. The highest BCUT2D eigenvalue weighted by atomic mass is 16.4. The van der Waals surface area contributed by atoms with E-state index in [9.17, 15) is 14.7 Å². The molecule has 0 amide bonds. The summed E-state index contributed by atoms with van der Waals surface area (Å²) in [4.78, 5) is 21.4. The molecule has 0 aliphatic carbocycles. The Balaban J connectivity index is 0.000000333. The van der Waals surface area contributed by atoms with Crippen LogP contribution >= 0.6 is 0 Å². The van der Waals surface area contributed by atoms with Crippen LogP contribution in [0.15, 0.2) is 48.6 Å². The van der Waals surface area contributed by atoms with E-state index in [2.05, 4.69) is 31.0 Å². The minimum atomic E-state index is -1.26. The van der Waals surface area contributed by atoms with Crippen LogP contribution in [0.5, 0.6) is 5.75 Å². The molecule has 2 aromatic rings. The monoisotopic (exact) mass is 345 g/mol. The van der Waals surface area contributed by atoms with Gasteiger partial charge in [-0.25, -0.2) is 9.59 Å². The third kappa shape index (κ3) is 7.05. The number of aliphatic carboxylic acids is 2. The molecule has 0 aliphatic rings. The predicted octanol–water partition coefficient (Wildman–Crippen LogP) is 2.75. The van der Waals surface area contributed by atoms with Gasteiger partial charge in [0, 0.05) is 24.3 Å². The van der Waals surface area contributed by atoms with E-state index in [4.69, 9.17) is 10.2 Å². The van der Waals surface area contributed by atoms with Crippen molar-refractivity contribution < 1.29 is 24.9 Å². The molecule has 2 rings (SSSR count). The minimum absolute atomic E-state index is 0.410. The zero-order valence-corrected chi connectivity index (χ0v) is 14.3. The van der Waals surface area contributed by atoms with Gasteiger partial charge in [0.1, 0.15) is 5.75 Å². The Kier molecular flexibility index (Phi) is 8.15. The molecule has 0 atom stereocenters. The first kappa shape index (κ1) is 20.2. The first-order valence-electron chi connectivity index (χ1n) is 7.87. The van der Waals surface area contributed by atoms with Crippen LogP contribution in [-0.2, 0) is 16.0 Å². The first-order chi connectivity index (χ1) is 11.8. The Morgan fingerprint density at radius 2 is 1.64 bits per heavy atom. The van der Waals surface area contributed by atoms with Crippen molar-refractivity contribution in [2.75, 3.05) is 20.1 Å². The fourth-order valence-electron chi connectivity index (χ4n) is 2.19. The summed E-state index contributed by atoms with van der Waals surface area (Å²) in [6, 6.07) is 12.0. The van der Waals surface area contributed by atoms with Gasteiger partial charge in [-0.05, 0) is 36.9 Å². The number of carboxylic acid groups (broad SMARTS) is 2. The second-order valence-corrected chi connectivity index (χ2v) is 5.44. The molecule has 0 fully saturated rings. The summed E-state index contributed by atoms with van der Waals surface area (Å²) in [6.07, 6.45) is 2.00. The van der Waals surface area contributed by atoms with Gasteiger partial charge in [-0.3, -0.25) is 0 Å². The molecule has 134 valence electrons. The normalized spacial score (nSPS) is 10.7. The third-order valence-electron chi connectivity index (χ3n) is 3.67. The van der Waals surface area contributed by atoms with Gasteiger partial charge in [0.2, 0.25) is 0 Å². The molecule has 6 nitrogen and oxygen atoms in total. The summed E-state index contributed by atoms with van der Waals surface area (Å²) in [7, 11) is 2.10. The van der Waals surface area contributed by atoms with Gasteiger partial charge >= 0.3 is 11.9 Å². The molecule has 0 saturated heterocycles. The van der Waals surface area contributed by atoms with Crippen molar-refractivity contribution >= 4 is 22.7 Å². The fraction of sp³-hybridized carbons (Fsp3) is 0.263. The topological polar surface area (TPSA) is 98.1 Å². The summed E-state index contributed by atoms with van der Waals surface area (Å²) in [5, 5.41) is 28.0. The molecule has 25 heavy (non-hydrogen) atoms. The van der Waals surface area contributed by atoms with Crippen LogP contribution in [0.25, 0.3) is 10.8 Å². The smallest absolute Gasteiger partial charge is 0.328 e. The van der Waals surface area contributed by atoms with Crippen LogP contribution in [0.2, 0.25) is 0 Å². The van der Waals surface area contributed by atoms with E-state index in [1.165, 1.54) is 5.39 Å². The molecule has 6 heteroatoms. The van der Waals surface area contributed by atoms with Crippen LogP contribution in [0.4, 0.5) is 0 Å². The summed E-state index contributed by atoms with van der Waals surface area (Å²) in [5.41, 5.74) is 1.06. The van der Waals surface area contributed by atoms with Gasteiger partial charge in [-0.1, -0.05) is 37.3 Å². The molecule has 3 N–H and O–H groups in total. The number of phenolic OH excluding ortho intramolecular Hbond substituents is 1. The SMILES string of the molecule is CCN(C)CCc1c(O)ccc2ccccc12.O=C(O)/C=C/C(=O)O. The van der Waals surface area contributed by atoms with Crippen molar-refractivity contribution in [1.82, 2.24) is 4.90 Å². The number of benzene rings is 2. The predicted molar refractivity (Wildman–Crippen MR) is 96.9 cm³/mol. The van der Waals surface area contributed by atoms with Crippen LogP contribution < -0.4 is 0 Å². The number of nitrogens with zero attached hydrogens (tertiary/aromatic N) is 1. The van der Waals surface area contributed by atoms with Gasteiger partial charge in [0.25, 0.3) is 0 Å². The van der Waals surface area contributed by atoms with Crippen molar-refractivity contribution in [3.63, 3.8) is 0 Å². The molecule has 0 bridgehead atoms. The van der Waals surface area contributed by atoms with E-state index < -0.39 is 11.9 Å². The lowest BCUT2D eigenvalue weighted by molar-refractivity contribution is -0.134. The van der Waals surface area contributed by atoms with E-state index in [0.29, 0.717) is 17.9 Å². The Morgan fingerprint density at radius 3 is 2.20 bits per heavy atom. The molecule has 0 heterocycles. The van der Waals surface area contributed by atoms with Gasteiger partial charge in [-0.15, -0.1) is 0 Å². The number of aromatic hydroxyl groups is 1. The summed E-state index contributed by atoms with van der Waals surface area (Å²) < 4.78 is 0. The molecule has 2 aromatic carbocycles. The number of rotatable bonds is 6. The number of hydrogen-bond donors (Lipinski definition) is 3. The summed E-state index contributed by atoms with van der Waals surface area (Å²) >= 11 is 0. The maximum Gasteiger partial charge on any atom is 0.328 e. The maximum atomic E-state index is 9.98. The van der Waals surface area contributed by atoms with Gasteiger partial charge in [0.15, 0.2) is 0 Å². The van der Waals surface area contributed by atoms with Crippen LogP contribution in [0.1, 0.15) is 12.5 Å². The lowest BCUT2D eigenvalue weighted by atomic mass is 10.0. The van der Waals surface area contributed by atoms with Crippen molar-refractivity contribution in [2.24, 2.45) is 0 Å². The Labute approximate surface area is 146 Å². The largest absolute Gasteiger partial charge is 0.508 e. The van der Waals surface area contributed by atoms with E-state index in [1.54, 1.807) is 6.07 Å². The highest BCUT2D eigenvalue weighted by molar-refractivity contribution is 5.89. The molecule has 0 saturated carbocycles. The van der Waals surface area contributed by atoms with Gasteiger partial charge < -0.3 is 20.2 Å². The number of hydrogen-bond acceptors (Lipinski definition) is 4. The zero-order valence-electron chi connectivity index (χ0n) is 14.3. The van der Waals surface area contributed by atoms with Crippen LogP contribution in [0.3, 0.4) is 0 Å². The molecule has 0 spiro atoms. The molecule has 0 radical (unpaired) electrons. The highest BCUT2D eigenvalue weighted by Crippen LogP contribution is 2.27. The summed E-state index contributed by atoms with van der Waals surface area (Å²) in [5.74, 6) is -2.10. The molecular weight excluding hydrogens is 322 g/mol.